The number of amidine groups is 1. The Kier molecular flexibility index (Phi) is 4.46. The number of hydrogen-bond acceptors (Lipinski definition) is 5. The van der Waals surface area contributed by atoms with Crippen LogP contribution in [-0.2, 0) is 21.2 Å². The van der Waals surface area contributed by atoms with Crippen molar-refractivity contribution in [1.82, 2.24) is 0 Å². The number of para-hydroxylation sites is 2. The summed E-state index contributed by atoms with van der Waals surface area (Å²) >= 11 is 1.11. The van der Waals surface area contributed by atoms with E-state index in [1.165, 1.54) is 11.6 Å². The summed E-state index contributed by atoms with van der Waals surface area (Å²) in [6, 6.07) is 14.5. The maximum Gasteiger partial charge on any atom is 0.286 e. The maximum absolute atomic E-state index is 12.7. The number of amides is 1. The van der Waals surface area contributed by atoms with Gasteiger partial charge in [-0.05, 0) is 36.6 Å². The number of thioether (sulfide) groups is 1. The summed E-state index contributed by atoms with van der Waals surface area (Å²) in [5.41, 5.74) is 2.60. The van der Waals surface area contributed by atoms with Crippen molar-refractivity contribution in [2.45, 2.75) is 17.7 Å². The summed E-state index contributed by atoms with van der Waals surface area (Å²) in [4.78, 5) is 14.6. The molecule has 134 valence electrons. The van der Waals surface area contributed by atoms with Gasteiger partial charge >= 0.3 is 0 Å². The fourth-order valence-corrected chi connectivity index (χ4v) is 5.27. The molecule has 0 spiro atoms. The number of fused-ring (bicyclic) bond motifs is 2. The molecule has 0 bridgehead atoms. The molecular weight excluding hydrogens is 370 g/mol. The van der Waals surface area contributed by atoms with E-state index in [-0.39, 0.29) is 21.7 Å². The summed E-state index contributed by atoms with van der Waals surface area (Å²) in [6.45, 7) is 0.678. The van der Waals surface area contributed by atoms with Crippen LogP contribution < -0.4 is 10.2 Å². The fourth-order valence-electron chi connectivity index (χ4n) is 3.15. The van der Waals surface area contributed by atoms with Crippen LogP contribution in [0.15, 0.2) is 57.8 Å². The first-order valence-corrected chi connectivity index (χ1v) is 10.7. The zero-order chi connectivity index (χ0) is 18.1. The largest absolute Gasteiger partial charge is 0.333 e. The van der Waals surface area contributed by atoms with Crippen LogP contribution in [0, 0.1) is 0 Å². The minimum atomic E-state index is -3.73. The molecule has 0 aromatic heterocycles. The van der Waals surface area contributed by atoms with Gasteiger partial charge in [0.25, 0.3) is 10.0 Å². The second-order valence-corrected chi connectivity index (χ2v) is 8.60. The lowest BCUT2D eigenvalue weighted by Gasteiger charge is -2.29. The van der Waals surface area contributed by atoms with Gasteiger partial charge in [0.2, 0.25) is 5.91 Å². The molecule has 0 aliphatic carbocycles. The number of aryl methyl sites for hydroxylation is 1. The number of carbonyl (C=O) groups excluding carboxylic acids is 1. The van der Waals surface area contributed by atoms with E-state index in [9.17, 15) is 13.2 Å². The third kappa shape index (κ3) is 3.22. The normalized spacial score (nSPS) is 17.5. The van der Waals surface area contributed by atoms with E-state index in [0.29, 0.717) is 12.2 Å². The van der Waals surface area contributed by atoms with Crippen LogP contribution in [-0.4, -0.2) is 31.8 Å². The molecule has 2 aliphatic heterocycles. The first-order chi connectivity index (χ1) is 12.5. The van der Waals surface area contributed by atoms with Crippen LogP contribution in [0.3, 0.4) is 0 Å². The van der Waals surface area contributed by atoms with Crippen LogP contribution >= 0.6 is 11.8 Å². The minimum Gasteiger partial charge on any atom is -0.333 e. The number of rotatable bonds is 2. The maximum atomic E-state index is 12.7. The Bertz CT molecular complexity index is 1000. The minimum absolute atomic E-state index is 0.0529. The third-order valence-corrected chi connectivity index (χ3v) is 6.66. The summed E-state index contributed by atoms with van der Waals surface area (Å²) in [6.07, 6.45) is 1.89. The fraction of sp³-hybridized carbons (Fsp3) is 0.222. The lowest BCUT2D eigenvalue weighted by Crippen LogP contribution is -2.37. The van der Waals surface area contributed by atoms with Crippen LogP contribution in [0.25, 0.3) is 0 Å². The zero-order valence-corrected chi connectivity index (χ0v) is 15.5. The molecule has 0 unspecified atom stereocenters. The van der Waals surface area contributed by atoms with Gasteiger partial charge in [0, 0.05) is 12.2 Å². The number of hydrogen-bond donors (Lipinski definition) is 1. The average Bonchev–Trinajstić information content (AvgIpc) is 2.65. The molecule has 2 aliphatic rings. The van der Waals surface area contributed by atoms with E-state index in [1.54, 1.807) is 23.1 Å². The van der Waals surface area contributed by atoms with Crippen LogP contribution in [0.5, 0.6) is 0 Å². The summed E-state index contributed by atoms with van der Waals surface area (Å²) in [5, 5.41) is 3.22. The van der Waals surface area contributed by atoms with Gasteiger partial charge in [0.05, 0.1) is 11.4 Å². The van der Waals surface area contributed by atoms with Crippen molar-refractivity contribution in [2.75, 3.05) is 22.5 Å². The molecule has 0 saturated heterocycles. The molecule has 8 heteroatoms. The van der Waals surface area contributed by atoms with E-state index in [1.807, 2.05) is 24.3 Å². The Balaban J connectivity index is 1.49. The van der Waals surface area contributed by atoms with Gasteiger partial charge in [-0.1, -0.05) is 42.1 Å². The SMILES string of the molecule is O=C(CSC1=NS(=O)(=O)c2ccccc2N1)N1CCCc2ccccc21. The van der Waals surface area contributed by atoms with Gasteiger partial charge in [-0.3, -0.25) is 4.79 Å². The number of nitrogens with zero attached hydrogens (tertiary/aromatic N) is 2. The molecule has 0 saturated carbocycles. The van der Waals surface area contributed by atoms with Crippen molar-refractivity contribution in [2.24, 2.45) is 4.40 Å². The number of sulfonamides is 1. The Labute approximate surface area is 156 Å². The molecule has 0 radical (unpaired) electrons. The molecule has 2 aromatic rings. The predicted octanol–water partition coefficient (Wildman–Crippen LogP) is 2.87. The lowest BCUT2D eigenvalue weighted by molar-refractivity contribution is -0.116. The highest BCUT2D eigenvalue weighted by atomic mass is 32.2. The average molecular weight is 387 g/mol. The molecule has 2 aromatic carbocycles. The molecular formula is C18H17N3O3S2. The number of anilines is 2. The van der Waals surface area contributed by atoms with Gasteiger partial charge in [-0.15, -0.1) is 4.40 Å². The van der Waals surface area contributed by atoms with Crippen molar-refractivity contribution in [3.63, 3.8) is 0 Å². The first kappa shape index (κ1) is 17.1. The van der Waals surface area contributed by atoms with Crippen molar-refractivity contribution >= 4 is 44.2 Å². The Hall–Kier alpha value is -2.32. The van der Waals surface area contributed by atoms with E-state index in [2.05, 4.69) is 9.71 Å². The quantitative estimate of drug-likeness (QED) is 0.857. The third-order valence-electron chi connectivity index (χ3n) is 4.35. The van der Waals surface area contributed by atoms with Crippen LogP contribution in [0.1, 0.15) is 12.0 Å². The van der Waals surface area contributed by atoms with E-state index >= 15 is 0 Å². The highest BCUT2D eigenvalue weighted by Gasteiger charge is 2.26. The second-order valence-electron chi connectivity index (χ2n) is 6.06. The van der Waals surface area contributed by atoms with Crippen molar-refractivity contribution in [3.05, 3.63) is 54.1 Å². The van der Waals surface area contributed by atoms with Gasteiger partial charge in [0.1, 0.15) is 4.90 Å². The van der Waals surface area contributed by atoms with Crippen molar-refractivity contribution in [3.8, 4) is 0 Å². The monoisotopic (exact) mass is 387 g/mol. The van der Waals surface area contributed by atoms with Crippen LogP contribution in [0.4, 0.5) is 11.4 Å². The Morgan fingerprint density at radius 2 is 1.92 bits per heavy atom. The zero-order valence-electron chi connectivity index (χ0n) is 13.9. The molecule has 26 heavy (non-hydrogen) atoms. The molecule has 0 fully saturated rings. The second kappa shape index (κ2) is 6.77. The highest BCUT2D eigenvalue weighted by Crippen LogP contribution is 2.30. The van der Waals surface area contributed by atoms with Gasteiger partial charge in [0.15, 0.2) is 5.17 Å². The summed E-state index contributed by atoms with van der Waals surface area (Å²) in [5.74, 6) is 0.0700. The molecule has 2 heterocycles. The topological polar surface area (TPSA) is 78.8 Å². The molecule has 6 nitrogen and oxygen atoms in total. The van der Waals surface area contributed by atoms with E-state index in [4.69, 9.17) is 0 Å². The Morgan fingerprint density at radius 1 is 1.15 bits per heavy atom. The summed E-state index contributed by atoms with van der Waals surface area (Å²) in [7, 11) is -3.73. The molecule has 1 amide bonds. The first-order valence-electron chi connectivity index (χ1n) is 8.27. The lowest BCUT2D eigenvalue weighted by atomic mass is 10.0. The van der Waals surface area contributed by atoms with E-state index < -0.39 is 10.0 Å². The van der Waals surface area contributed by atoms with Gasteiger partial charge in [-0.2, -0.15) is 8.42 Å². The predicted molar refractivity (Wildman–Crippen MR) is 104 cm³/mol. The number of benzene rings is 2. The molecule has 4 rings (SSSR count). The smallest absolute Gasteiger partial charge is 0.286 e. The molecule has 0 atom stereocenters. The number of carbonyl (C=O) groups is 1. The summed E-state index contributed by atoms with van der Waals surface area (Å²) < 4.78 is 28.3. The van der Waals surface area contributed by atoms with E-state index in [0.717, 1.165) is 30.3 Å². The van der Waals surface area contributed by atoms with Crippen molar-refractivity contribution < 1.29 is 13.2 Å². The van der Waals surface area contributed by atoms with Gasteiger partial charge < -0.3 is 10.2 Å². The highest BCUT2D eigenvalue weighted by molar-refractivity contribution is 8.15. The standard InChI is InChI=1S/C18H17N3O3S2/c22-17(21-11-5-7-13-6-1-3-9-15(13)21)12-25-18-19-14-8-2-4-10-16(14)26(23,24)20-18/h1-4,6,8-10H,5,7,11-12H2,(H,19,20). The van der Waals surface area contributed by atoms with Crippen LogP contribution in [0.2, 0.25) is 0 Å². The Morgan fingerprint density at radius 3 is 2.81 bits per heavy atom. The van der Waals surface area contributed by atoms with Crippen molar-refractivity contribution in [1.29, 1.82) is 0 Å². The van der Waals surface area contributed by atoms with Gasteiger partial charge in [-0.25, -0.2) is 0 Å². The number of nitrogens with one attached hydrogen (secondary N) is 1. The molecule has 1 N–H and O–H groups in total.